The summed E-state index contributed by atoms with van der Waals surface area (Å²) in [6.45, 7) is 2.03. The van der Waals surface area contributed by atoms with Crippen LogP contribution in [0.5, 0.6) is 11.5 Å². The lowest BCUT2D eigenvalue weighted by Crippen LogP contribution is -2.54. The number of anilines is 2. The van der Waals surface area contributed by atoms with Crippen molar-refractivity contribution in [1.82, 2.24) is 9.80 Å². The molecule has 1 atom stereocenters. The van der Waals surface area contributed by atoms with Crippen LogP contribution >= 0.6 is 11.6 Å². The molecule has 0 aromatic heterocycles. The Morgan fingerprint density at radius 1 is 1.03 bits per heavy atom. The van der Waals surface area contributed by atoms with Gasteiger partial charge >= 0.3 is 6.03 Å². The van der Waals surface area contributed by atoms with Crippen LogP contribution in [0.2, 0.25) is 5.02 Å². The maximum atomic E-state index is 13.5. The third-order valence-corrected chi connectivity index (χ3v) is 6.56. The van der Waals surface area contributed by atoms with Crippen molar-refractivity contribution < 1.29 is 18.7 Å². The summed E-state index contributed by atoms with van der Waals surface area (Å²) in [6.07, 6.45) is 1.81. The Hall–Kier alpha value is -4.49. The van der Waals surface area contributed by atoms with Gasteiger partial charge in [0.15, 0.2) is 11.5 Å². The number of urea groups is 1. The van der Waals surface area contributed by atoms with E-state index < -0.39 is 5.82 Å². The van der Waals surface area contributed by atoms with Gasteiger partial charge in [-0.3, -0.25) is 0 Å². The molecule has 38 heavy (non-hydrogen) atoms. The van der Waals surface area contributed by atoms with Gasteiger partial charge in [0.2, 0.25) is 12.2 Å². The van der Waals surface area contributed by atoms with Crippen molar-refractivity contribution >= 4 is 35.0 Å². The van der Waals surface area contributed by atoms with E-state index in [1.807, 2.05) is 41.4 Å². The summed E-state index contributed by atoms with van der Waals surface area (Å²) in [5.41, 5.74) is 1.93. The van der Waals surface area contributed by atoms with Crippen LogP contribution < -0.4 is 20.1 Å². The lowest BCUT2D eigenvalue weighted by Gasteiger charge is -2.42. The zero-order valence-electron chi connectivity index (χ0n) is 20.2. The first-order chi connectivity index (χ1) is 18.5. The van der Waals surface area contributed by atoms with E-state index in [2.05, 4.69) is 15.6 Å². The number of benzene rings is 3. The topological polar surface area (TPSA) is 102 Å². The summed E-state index contributed by atoms with van der Waals surface area (Å²) in [5, 5.41) is 15.5. The highest BCUT2D eigenvalue weighted by atomic mass is 35.5. The highest BCUT2D eigenvalue weighted by Crippen LogP contribution is 2.33. The lowest BCUT2D eigenvalue weighted by molar-refractivity contribution is 0.136. The first-order valence-electron chi connectivity index (χ1n) is 12.0. The van der Waals surface area contributed by atoms with Crippen LogP contribution in [0.15, 0.2) is 71.7 Å². The quantitative estimate of drug-likeness (QED) is 0.276. The third-order valence-electron chi connectivity index (χ3n) is 6.25. The maximum Gasteiger partial charge on any atom is 0.322 e. The second-order valence-electron chi connectivity index (χ2n) is 8.64. The number of piperazine rings is 1. The van der Waals surface area contributed by atoms with Crippen LogP contribution in [0.4, 0.5) is 20.6 Å². The number of nitrogens with zero attached hydrogens (tertiary/aromatic N) is 4. The predicted molar refractivity (Wildman–Crippen MR) is 142 cm³/mol. The summed E-state index contributed by atoms with van der Waals surface area (Å²) < 4.78 is 24.7. The highest BCUT2D eigenvalue weighted by Gasteiger charge is 2.33. The number of nitriles is 1. The molecule has 2 amide bonds. The van der Waals surface area contributed by atoms with E-state index in [1.165, 1.54) is 18.2 Å². The van der Waals surface area contributed by atoms with Crippen LogP contribution in [-0.4, -0.2) is 54.6 Å². The largest absolute Gasteiger partial charge is 0.486 e. The molecule has 2 aliphatic heterocycles. The number of guanidine groups is 1. The van der Waals surface area contributed by atoms with Gasteiger partial charge in [0.1, 0.15) is 19.0 Å². The number of hydrogen-bond donors (Lipinski definition) is 2. The number of carbonyl (C=O) groups is 1. The molecule has 1 unspecified atom stereocenters. The monoisotopic (exact) mass is 534 g/mol. The number of rotatable bonds is 3. The van der Waals surface area contributed by atoms with Crippen LogP contribution in [0.1, 0.15) is 11.6 Å². The standard InChI is InChI=1S/C27H24ClFN6O3/c28-21-14-19(29)6-8-22(21)33-26(31-17-30)34-10-11-35(23(16-34)18-4-2-1-3-5-18)27(36)32-20-7-9-24-25(15-20)38-13-12-37-24/h1-9,14-15,23H,10-13,16H2,(H,31,33)(H,32,36). The molecule has 0 radical (unpaired) electrons. The first kappa shape index (κ1) is 25.2. The summed E-state index contributed by atoms with van der Waals surface area (Å²) in [7, 11) is 0. The molecule has 1 saturated heterocycles. The van der Waals surface area contributed by atoms with Crippen molar-refractivity contribution in [3.63, 3.8) is 0 Å². The number of carbonyl (C=O) groups excluding carboxylic acids is 1. The maximum absolute atomic E-state index is 13.5. The van der Waals surface area contributed by atoms with E-state index in [-0.39, 0.29) is 23.1 Å². The second-order valence-corrected chi connectivity index (χ2v) is 9.05. The summed E-state index contributed by atoms with van der Waals surface area (Å²) in [6, 6.07) is 18.2. The molecular formula is C27H24ClFN6O3. The van der Waals surface area contributed by atoms with Crippen molar-refractivity contribution in [2.24, 2.45) is 4.99 Å². The number of ether oxygens (including phenoxy) is 2. The summed E-state index contributed by atoms with van der Waals surface area (Å²) >= 11 is 6.19. The summed E-state index contributed by atoms with van der Waals surface area (Å²) in [4.78, 5) is 21.0. The molecule has 3 aromatic rings. The van der Waals surface area contributed by atoms with E-state index in [4.69, 9.17) is 21.1 Å². The van der Waals surface area contributed by atoms with Gasteiger partial charge in [-0.25, -0.2) is 9.18 Å². The van der Waals surface area contributed by atoms with Gasteiger partial charge in [0.05, 0.1) is 16.8 Å². The first-order valence-corrected chi connectivity index (χ1v) is 12.4. The number of amides is 2. The molecule has 5 rings (SSSR count). The van der Waals surface area contributed by atoms with Gasteiger partial charge in [-0.15, -0.1) is 4.99 Å². The molecule has 9 nitrogen and oxygen atoms in total. The van der Waals surface area contributed by atoms with Crippen molar-refractivity contribution in [3.8, 4) is 17.7 Å². The van der Waals surface area contributed by atoms with E-state index in [0.717, 1.165) is 5.56 Å². The molecule has 0 spiro atoms. The molecule has 0 saturated carbocycles. The fraction of sp³-hybridized carbons (Fsp3) is 0.222. The number of aliphatic imine (C=N–C) groups is 1. The zero-order valence-corrected chi connectivity index (χ0v) is 21.0. The molecule has 2 aliphatic rings. The zero-order chi connectivity index (χ0) is 26.5. The Kier molecular flexibility index (Phi) is 7.47. The Morgan fingerprint density at radius 2 is 1.82 bits per heavy atom. The SMILES string of the molecule is N#C/N=C(\Nc1ccc(F)cc1Cl)N1CCN(C(=O)Nc2ccc3c(c2)OCCO3)C(c2ccccc2)C1. The molecule has 1 fully saturated rings. The predicted octanol–water partition coefficient (Wildman–Crippen LogP) is 5.09. The van der Waals surface area contributed by atoms with E-state index >= 15 is 0 Å². The van der Waals surface area contributed by atoms with E-state index in [1.54, 1.807) is 23.1 Å². The van der Waals surface area contributed by atoms with Gasteiger partial charge in [0, 0.05) is 31.4 Å². The third kappa shape index (κ3) is 5.58. The van der Waals surface area contributed by atoms with Gasteiger partial charge in [-0.1, -0.05) is 41.9 Å². The molecule has 0 bridgehead atoms. The molecule has 2 heterocycles. The molecule has 2 N–H and O–H groups in total. The molecule has 3 aromatic carbocycles. The van der Waals surface area contributed by atoms with Gasteiger partial charge in [-0.2, -0.15) is 5.26 Å². The normalized spacial score (nSPS) is 17.0. The van der Waals surface area contributed by atoms with Gasteiger partial charge in [0.25, 0.3) is 0 Å². The fourth-order valence-corrected chi connectivity index (χ4v) is 4.65. The fourth-order valence-electron chi connectivity index (χ4n) is 4.43. The summed E-state index contributed by atoms with van der Waals surface area (Å²) in [5.74, 6) is 1.01. The van der Waals surface area contributed by atoms with Crippen LogP contribution in [0.3, 0.4) is 0 Å². The van der Waals surface area contributed by atoms with Crippen molar-refractivity contribution in [1.29, 1.82) is 5.26 Å². The van der Waals surface area contributed by atoms with E-state index in [9.17, 15) is 14.4 Å². The van der Waals surface area contributed by atoms with Crippen molar-refractivity contribution in [2.45, 2.75) is 6.04 Å². The Bertz CT molecular complexity index is 1400. The minimum atomic E-state index is -0.471. The van der Waals surface area contributed by atoms with E-state index in [0.29, 0.717) is 55.7 Å². The smallest absolute Gasteiger partial charge is 0.322 e. The van der Waals surface area contributed by atoms with Crippen LogP contribution in [0, 0.1) is 17.3 Å². The highest BCUT2D eigenvalue weighted by molar-refractivity contribution is 6.33. The number of nitrogens with one attached hydrogen (secondary N) is 2. The minimum Gasteiger partial charge on any atom is -0.486 e. The van der Waals surface area contributed by atoms with Crippen molar-refractivity contribution in [3.05, 3.63) is 83.1 Å². The van der Waals surface area contributed by atoms with Crippen LogP contribution in [-0.2, 0) is 0 Å². The van der Waals surface area contributed by atoms with Gasteiger partial charge in [-0.05, 0) is 35.9 Å². The number of hydrogen-bond acceptors (Lipinski definition) is 5. The second kappa shape index (κ2) is 11.3. The Labute approximate surface area is 224 Å². The van der Waals surface area contributed by atoms with Gasteiger partial charge < -0.3 is 29.9 Å². The van der Waals surface area contributed by atoms with Crippen molar-refractivity contribution in [2.75, 3.05) is 43.5 Å². The number of halogens is 2. The average Bonchev–Trinajstić information content (AvgIpc) is 2.94. The minimum absolute atomic E-state index is 0.160. The molecular weight excluding hydrogens is 511 g/mol. The molecule has 0 aliphatic carbocycles. The Morgan fingerprint density at radius 3 is 2.58 bits per heavy atom. The molecule has 194 valence electrons. The van der Waals surface area contributed by atoms with Crippen LogP contribution in [0.25, 0.3) is 0 Å². The average molecular weight is 535 g/mol. The lowest BCUT2D eigenvalue weighted by atomic mass is 10.0. The number of fused-ring (bicyclic) bond motifs is 1. The molecule has 11 heteroatoms. The Balaban J connectivity index is 1.37.